The monoisotopic (exact) mass is 269 g/mol. The van der Waals surface area contributed by atoms with E-state index in [-0.39, 0.29) is 0 Å². The molecule has 5 nitrogen and oxygen atoms in total. The van der Waals surface area contributed by atoms with Gasteiger partial charge in [-0.1, -0.05) is 11.6 Å². The molecule has 0 bridgehead atoms. The lowest BCUT2D eigenvalue weighted by molar-refractivity contribution is 0.962. The first-order valence-electron chi connectivity index (χ1n) is 5.75. The van der Waals surface area contributed by atoms with Crippen molar-refractivity contribution in [2.75, 3.05) is 0 Å². The van der Waals surface area contributed by atoms with Crippen LogP contribution >= 0.6 is 11.6 Å². The highest BCUT2D eigenvalue weighted by atomic mass is 35.5. The Labute approximate surface area is 112 Å². The fourth-order valence-corrected chi connectivity index (χ4v) is 2.35. The Kier molecular flexibility index (Phi) is 2.10. The van der Waals surface area contributed by atoms with Gasteiger partial charge in [-0.15, -0.1) is 0 Å². The van der Waals surface area contributed by atoms with Crippen LogP contribution in [0.2, 0.25) is 5.15 Å². The number of H-pyrrole nitrogens is 1. The Balaban J connectivity index is 1.97. The highest BCUT2D eigenvalue weighted by Crippen LogP contribution is 2.28. The predicted octanol–water partition coefficient (Wildman–Crippen LogP) is 2.93. The van der Waals surface area contributed by atoms with Crippen LogP contribution < -0.4 is 0 Å². The molecule has 19 heavy (non-hydrogen) atoms. The second kappa shape index (κ2) is 3.80. The summed E-state index contributed by atoms with van der Waals surface area (Å²) in [5, 5.41) is 5.60. The third-order valence-electron chi connectivity index (χ3n) is 3.10. The van der Waals surface area contributed by atoms with Crippen LogP contribution in [-0.2, 0) is 0 Å². The van der Waals surface area contributed by atoms with Gasteiger partial charge in [-0.25, -0.2) is 14.5 Å². The number of fused-ring (bicyclic) bond motifs is 2. The lowest BCUT2D eigenvalue weighted by Crippen LogP contribution is -1.86. The van der Waals surface area contributed by atoms with Crippen molar-refractivity contribution in [2.24, 2.45) is 0 Å². The number of halogens is 1. The SMILES string of the molecule is Clc1ccc2c(-c3ccn4ncnc4c3)c[nH]c2n1. The summed E-state index contributed by atoms with van der Waals surface area (Å²) in [6.45, 7) is 0. The van der Waals surface area contributed by atoms with Crippen molar-refractivity contribution in [3.63, 3.8) is 0 Å². The molecule has 0 radical (unpaired) electrons. The molecule has 0 saturated heterocycles. The molecule has 4 heterocycles. The van der Waals surface area contributed by atoms with Gasteiger partial charge in [0, 0.05) is 23.3 Å². The van der Waals surface area contributed by atoms with E-state index in [0.717, 1.165) is 27.8 Å². The largest absolute Gasteiger partial charge is 0.345 e. The molecule has 0 spiro atoms. The molecule has 1 N–H and O–H groups in total. The second-order valence-corrected chi connectivity index (χ2v) is 4.60. The zero-order chi connectivity index (χ0) is 12.8. The van der Waals surface area contributed by atoms with Gasteiger partial charge in [0.1, 0.15) is 17.1 Å². The number of pyridine rings is 2. The van der Waals surface area contributed by atoms with Crippen molar-refractivity contribution in [3.05, 3.63) is 48.1 Å². The van der Waals surface area contributed by atoms with E-state index < -0.39 is 0 Å². The van der Waals surface area contributed by atoms with Crippen LogP contribution in [0.3, 0.4) is 0 Å². The standard InChI is InChI=1S/C13H8ClN5/c14-11-2-1-9-10(6-15-13(9)18-11)8-3-4-19-12(5-8)16-7-17-19/h1-7H,(H,15,18). The van der Waals surface area contributed by atoms with Gasteiger partial charge in [-0.3, -0.25) is 0 Å². The predicted molar refractivity (Wildman–Crippen MR) is 73.1 cm³/mol. The summed E-state index contributed by atoms with van der Waals surface area (Å²) in [6, 6.07) is 7.74. The van der Waals surface area contributed by atoms with Crippen molar-refractivity contribution in [1.29, 1.82) is 0 Å². The summed E-state index contributed by atoms with van der Waals surface area (Å²) < 4.78 is 1.73. The van der Waals surface area contributed by atoms with Crippen LogP contribution in [0.5, 0.6) is 0 Å². The van der Waals surface area contributed by atoms with E-state index >= 15 is 0 Å². The van der Waals surface area contributed by atoms with E-state index in [0.29, 0.717) is 5.15 Å². The maximum absolute atomic E-state index is 5.88. The summed E-state index contributed by atoms with van der Waals surface area (Å²) in [6.07, 6.45) is 5.35. The number of hydrogen-bond acceptors (Lipinski definition) is 3. The Morgan fingerprint density at radius 2 is 2.16 bits per heavy atom. The van der Waals surface area contributed by atoms with Crippen molar-refractivity contribution in [2.45, 2.75) is 0 Å². The van der Waals surface area contributed by atoms with Crippen molar-refractivity contribution >= 4 is 28.3 Å². The maximum atomic E-state index is 5.88. The minimum atomic E-state index is 0.480. The van der Waals surface area contributed by atoms with Crippen LogP contribution in [0.25, 0.3) is 27.8 Å². The van der Waals surface area contributed by atoms with E-state index in [4.69, 9.17) is 11.6 Å². The topological polar surface area (TPSA) is 58.9 Å². The van der Waals surface area contributed by atoms with Gasteiger partial charge >= 0.3 is 0 Å². The summed E-state index contributed by atoms with van der Waals surface area (Å²) in [5.41, 5.74) is 3.73. The summed E-state index contributed by atoms with van der Waals surface area (Å²) >= 11 is 5.88. The summed E-state index contributed by atoms with van der Waals surface area (Å²) in [5.74, 6) is 0. The normalized spacial score (nSPS) is 11.4. The van der Waals surface area contributed by atoms with Crippen LogP contribution in [0.15, 0.2) is 43.0 Å². The van der Waals surface area contributed by atoms with Crippen molar-refractivity contribution < 1.29 is 0 Å². The number of hydrogen-bond donors (Lipinski definition) is 1. The number of rotatable bonds is 1. The Bertz CT molecular complexity index is 892. The Hall–Kier alpha value is -2.40. The quantitative estimate of drug-likeness (QED) is 0.541. The average Bonchev–Trinajstić information content (AvgIpc) is 3.02. The molecule has 0 unspecified atom stereocenters. The summed E-state index contributed by atoms with van der Waals surface area (Å²) in [7, 11) is 0. The van der Waals surface area contributed by atoms with Gasteiger partial charge in [0.05, 0.1) is 0 Å². The van der Waals surface area contributed by atoms with Gasteiger partial charge < -0.3 is 4.98 Å². The minimum absolute atomic E-state index is 0.480. The highest BCUT2D eigenvalue weighted by Gasteiger charge is 2.08. The van der Waals surface area contributed by atoms with Gasteiger partial charge in [-0.2, -0.15) is 5.10 Å². The highest BCUT2D eigenvalue weighted by molar-refractivity contribution is 6.29. The van der Waals surface area contributed by atoms with E-state index in [1.165, 1.54) is 6.33 Å². The van der Waals surface area contributed by atoms with Crippen LogP contribution in [0.4, 0.5) is 0 Å². The molecular formula is C13H8ClN5. The fourth-order valence-electron chi connectivity index (χ4n) is 2.20. The van der Waals surface area contributed by atoms with Gasteiger partial charge in [0.25, 0.3) is 0 Å². The molecule has 4 rings (SSSR count). The maximum Gasteiger partial charge on any atom is 0.155 e. The third-order valence-corrected chi connectivity index (χ3v) is 3.31. The molecule has 0 aliphatic rings. The Morgan fingerprint density at radius 1 is 1.21 bits per heavy atom. The van der Waals surface area contributed by atoms with Crippen LogP contribution in [0, 0.1) is 0 Å². The molecule has 0 aromatic carbocycles. The number of nitrogens with one attached hydrogen (secondary N) is 1. The number of aromatic amines is 1. The molecule has 0 saturated carbocycles. The first-order valence-corrected chi connectivity index (χ1v) is 6.12. The molecule has 0 fully saturated rings. The minimum Gasteiger partial charge on any atom is -0.345 e. The molecule has 0 amide bonds. The zero-order valence-corrected chi connectivity index (χ0v) is 10.5. The fraction of sp³-hybridized carbons (Fsp3) is 0. The number of aromatic nitrogens is 5. The van der Waals surface area contributed by atoms with Crippen LogP contribution in [0.1, 0.15) is 0 Å². The van der Waals surface area contributed by atoms with E-state index in [1.54, 1.807) is 10.6 Å². The van der Waals surface area contributed by atoms with Crippen molar-refractivity contribution in [1.82, 2.24) is 24.6 Å². The Morgan fingerprint density at radius 3 is 3.11 bits per heavy atom. The van der Waals surface area contributed by atoms with E-state index in [1.807, 2.05) is 30.6 Å². The lowest BCUT2D eigenvalue weighted by Gasteiger charge is -2.00. The van der Waals surface area contributed by atoms with Gasteiger partial charge in [-0.05, 0) is 29.8 Å². The molecular weight excluding hydrogens is 262 g/mol. The molecule has 4 aromatic rings. The van der Waals surface area contributed by atoms with Gasteiger partial charge in [0.15, 0.2) is 5.65 Å². The first-order chi connectivity index (χ1) is 9.31. The average molecular weight is 270 g/mol. The molecule has 0 atom stereocenters. The smallest absolute Gasteiger partial charge is 0.155 e. The summed E-state index contributed by atoms with van der Waals surface area (Å²) in [4.78, 5) is 11.6. The number of nitrogens with zero attached hydrogens (tertiary/aromatic N) is 4. The first kappa shape index (κ1) is 10.5. The molecule has 92 valence electrons. The second-order valence-electron chi connectivity index (χ2n) is 4.21. The molecule has 0 aliphatic heterocycles. The zero-order valence-electron chi connectivity index (χ0n) is 9.71. The van der Waals surface area contributed by atoms with Crippen molar-refractivity contribution in [3.8, 4) is 11.1 Å². The third kappa shape index (κ3) is 1.59. The van der Waals surface area contributed by atoms with E-state index in [9.17, 15) is 0 Å². The van der Waals surface area contributed by atoms with E-state index in [2.05, 4.69) is 20.1 Å². The molecule has 6 heteroatoms. The lowest BCUT2D eigenvalue weighted by atomic mass is 10.1. The van der Waals surface area contributed by atoms with Crippen LogP contribution in [-0.4, -0.2) is 24.6 Å². The molecule has 4 aromatic heterocycles. The van der Waals surface area contributed by atoms with Gasteiger partial charge in [0.2, 0.25) is 0 Å². The molecule has 0 aliphatic carbocycles.